The van der Waals surface area contributed by atoms with Crippen LogP contribution in [0.25, 0.3) is 87.3 Å². The summed E-state index contributed by atoms with van der Waals surface area (Å²) in [6.45, 7) is 4.71. The molecule has 0 spiro atoms. The Bertz CT molecular complexity index is 3410. The molecule has 11 aromatic rings. The van der Waals surface area contributed by atoms with Crippen LogP contribution in [0, 0.1) is 0 Å². The molecule has 1 aliphatic rings. The predicted molar refractivity (Wildman–Crippen MR) is 241 cm³/mol. The SMILES string of the molecule is CC1(C)c2ccccc2-c2ccc(N(c3ccc4c5ccccc5c5ccccc5c4c3)c3cccc4c3oc3cc(-c5ccccc5)c5ccccc5c34)cc21. The molecule has 0 amide bonds. The first-order valence-electron chi connectivity index (χ1n) is 19.8. The Kier molecular flexibility index (Phi) is 6.72. The lowest BCUT2D eigenvalue weighted by molar-refractivity contribution is 0.660. The van der Waals surface area contributed by atoms with Crippen LogP contribution in [0.2, 0.25) is 0 Å². The lowest BCUT2D eigenvalue weighted by Crippen LogP contribution is -2.16. The van der Waals surface area contributed by atoms with Crippen molar-refractivity contribution in [2.24, 2.45) is 0 Å². The van der Waals surface area contributed by atoms with Crippen molar-refractivity contribution in [2.75, 3.05) is 4.90 Å². The van der Waals surface area contributed by atoms with Crippen LogP contribution < -0.4 is 4.90 Å². The number of rotatable bonds is 4. The lowest BCUT2D eigenvalue weighted by atomic mass is 9.82. The van der Waals surface area contributed by atoms with Gasteiger partial charge in [-0.15, -0.1) is 0 Å². The Morgan fingerprint density at radius 2 is 0.947 bits per heavy atom. The van der Waals surface area contributed by atoms with Gasteiger partial charge in [-0.3, -0.25) is 0 Å². The molecule has 0 saturated heterocycles. The minimum atomic E-state index is -0.149. The second kappa shape index (κ2) is 11.9. The summed E-state index contributed by atoms with van der Waals surface area (Å²) < 4.78 is 7.14. The van der Waals surface area contributed by atoms with E-state index >= 15 is 0 Å². The van der Waals surface area contributed by atoms with E-state index < -0.39 is 0 Å². The number of benzene rings is 10. The molecule has 12 rings (SSSR count). The lowest BCUT2D eigenvalue weighted by Gasteiger charge is -2.28. The molecule has 2 nitrogen and oxygen atoms in total. The Morgan fingerprint density at radius 3 is 1.70 bits per heavy atom. The highest BCUT2D eigenvalue weighted by molar-refractivity contribution is 6.26. The van der Waals surface area contributed by atoms with Crippen LogP contribution >= 0.6 is 0 Å². The summed E-state index contributed by atoms with van der Waals surface area (Å²) in [5.41, 5.74) is 12.5. The average Bonchev–Trinajstić information content (AvgIpc) is 3.76. The van der Waals surface area contributed by atoms with Crippen molar-refractivity contribution < 1.29 is 4.42 Å². The minimum Gasteiger partial charge on any atom is -0.454 e. The second-order valence-corrected chi connectivity index (χ2v) is 16.0. The molecule has 0 unspecified atom stereocenters. The quantitative estimate of drug-likeness (QED) is 0.168. The molecule has 268 valence electrons. The zero-order valence-electron chi connectivity index (χ0n) is 31.8. The molecule has 0 atom stereocenters. The molecule has 0 saturated carbocycles. The molecule has 0 fully saturated rings. The van der Waals surface area contributed by atoms with Crippen molar-refractivity contribution in [3.63, 3.8) is 0 Å². The maximum absolute atomic E-state index is 7.14. The van der Waals surface area contributed by atoms with Crippen LogP contribution in [-0.4, -0.2) is 0 Å². The summed E-state index contributed by atoms with van der Waals surface area (Å²) in [5.74, 6) is 0. The van der Waals surface area contributed by atoms with Crippen molar-refractivity contribution in [3.05, 3.63) is 199 Å². The van der Waals surface area contributed by atoms with Gasteiger partial charge in [0.1, 0.15) is 5.58 Å². The van der Waals surface area contributed by atoms with Gasteiger partial charge in [-0.2, -0.15) is 0 Å². The van der Waals surface area contributed by atoms with Crippen molar-refractivity contribution in [1.82, 2.24) is 0 Å². The smallest absolute Gasteiger partial charge is 0.159 e. The molecule has 10 aromatic carbocycles. The summed E-state index contributed by atoms with van der Waals surface area (Å²) >= 11 is 0. The molecule has 1 heterocycles. The second-order valence-electron chi connectivity index (χ2n) is 16.0. The summed E-state index contributed by atoms with van der Waals surface area (Å²) in [6, 6.07) is 68.8. The van der Waals surface area contributed by atoms with Gasteiger partial charge in [0.2, 0.25) is 0 Å². The third-order valence-electron chi connectivity index (χ3n) is 12.6. The normalized spacial score (nSPS) is 13.2. The molecule has 0 bridgehead atoms. The van der Waals surface area contributed by atoms with Gasteiger partial charge in [-0.25, -0.2) is 0 Å². The van der Waals surface area contributed by atoms with E-state index in [0.29, 0.717) is 0 Å². The first-order valence-corrected chi connectivity index (χ1v) is 19.8. The van der Waals surface area contributed by atoms with Crippen LogP contribution in [0.4, 0.5) is 17.1 Å². The predicted octanol–water partition coefficient (Wildman–Crippen LogP) is 15.6. The van der Waals surface area contributed by atoms with E-state index in [2.05, 4.69) is 207 Å². The number of hydrogen-bond donors (Lipinski definition) is 0. The highest BCUT2D eigenvalue weighted by atomic mass is 16.3. The first-order chi connectivity index (χ1) is 28.0. The van der Waals surface area contributed by atoms with Crippen molar-refractivity contribution in [3.8, 4) is 22.3 Å². The van der Waals surface area contributed by atoms with Crippen LogP contribution in [0.5, 0.6) is 0 Å². The molecule has 0 N–H and O–H groups in total. The average molecular weight is 728 g/mol. The zero-order valence-corrected chi connectivity index (χ0v) is 31.8. The third kappa shape index (κ3) is 4.59. The molecule has 1 aromatic heterocycles. The Morgan fingerprint density at radius 1 is 0.386 bits per heavy atom. The van der Waals surface area contributed by atoms with Crippen molar-refractivity contribution in [1.29, 1.82) is 0 Å². The maximum Gasteiger partial charge on any atom is 0.159 e. The van der Waals surface area contributed by atoms with Gasteiger partial charge in [-0.05, 0) is 113 Å². The molecule has 1 aliphatic carbocycles. The van der Waals surface area contributed by atoms with E-state index in [1.54, 1.807) is 0 Å². The number of para-hydroxylation sites is 1. The number of furan rings is 1. The van der Waals surface area contributed by atoms with Gasteiger partial charge in [0.05, 0.1) is 5.69 Å². The molecule has 57 heavy (non-hydrogen) atoms. The Hall–Kier alpha value is -7.16. The van der Waals surface area contributed by atoms with E-state index in [0.717, 1.165) is 39.0 Å². The molecule has 2 heteroatoms. The highest BCUT2D eigenvalue weighted by Crippen LogP contribution is 2.52. The summed E-state index contributed by atoms with van der Waals surface area (Å²) in [5, 5.41) is 12.2. The highest BCUT2D eigenvalue weighted by Gasteiger charge is 2.36. The van der Waals surface area contributed by atoms with Gasteiger partial charge < -0.3 is 9.32 Å². The fourth-order valence-corrected chi connectivity index (χ4v) is 9.97. The maximum atomic E-state index is 7.14. The van der Waals surface area contributed by atoms with Crippen LogP contribution in [0.3, 0.4) is 0 Å². The van der Waals surface area contributed by atoms with Gasteiger partial charge in [0, 0.05) is 27.6 Å². The Balaban J connectivity index is 1.16. The van der Waals surface area contributed by atoms with E-state index in [9.17, 15) is 0 Å². The fraction of sp³-hybridized carbons (Fsp3) is 0.0545. The van der Waals surface area contributed by atoms with Crippen LogP contribution in [0.15, 0.2) is 192 Å². The largest absolute Gasteiger partial charge is 0.454 e. The number of nitrogens with zero attached hydrogens (tertiary/aromatic N) is 1. The molecule has 0 radical (unpaired) electrons. The number of anilines is 3. The minimum absolute atomic E-state index is 0.149. The Labute approximate surface area is 330 Å². The fourth-order valence-electron chi connectivity index (χ4n) is 9.97. The standard InChI is InChI=1S/C55H37NO/c1-55(2)49-25-13-12-22-43(49)44-30-28-36(32-50(44)55)56(35-27-29-42-39-19-7-6-17-37(39)38-18-8-9-20-40(38)48(42)31-35)51-26-14-24-46-53-45-23-11-10-21-41(45)47(33-52(53)57-54(46)51)34-15-4-3-5-16-34/h3-33H,1-2H3. The summed E-state index contributed by atoms with van der Waals surface area (Å²) in [7, 11) is 0. The zero-order chi connectivity index (χ0) is 37.8. The van der Waals surface area contributed by atoms with Crippen molar-refractivity contribution >= 4 is 82.1 Å². The third-order valence-corrected chi connectivity index (χ3v) is 12.6. The van der Waals surface area contributed by atoms with E-state index in [4.69, 9.17) is 4.42 Å². The van der Waals surface area contributed by atoms with Gasteiger partial charge >= 0.3 is 0 Å². The van der Waals surface area contributed by atoms with Gasteiger partial charge in [0.25, 0.3) is 0 Å². The molecular formula is C55H37NO. The van der Waals surface area contributed by atoms with E-state index in [1.807, 2.05) is 0 Å². The summed E-state index contributed by atoms with van der Waals surface area (Å²) in [4.78, 5) is 2.42. The van der Waals surface area contributed by atoms with Crippen LogP contribution in [0.1, 0.15) is 25.0 Å². The first kappa shape index (κ1) is 32.1. The number of fused-ring (bicyclic) bond motifs is 14. The molecule has 0 aliphatic heterocycles. The topological polar surface area (TPSA) is 16.4 Å². The van der Waals surface area contributed by atoms with Crippen molar-refractivity contribution in [2.45, 2.75) is 19.3 Å². The van der Waals surface area contributed by atoms with Crippen LogP contribution in [-0.2, 0) is 5.41 Å². The summed E-state index contributed by atoms with van der Waals surface area (Å²) in [6.07, 6.45) is 0. The van der Waals surface area contributed by atoms with Gasteiger partial charge in [0.15, 0.2) is 5.58 Å². The van der Waals surface area contributed by atoms with E-state index in [1.165, 1.54) is 76.5 Å². The van der Waals surface area contributed by atoms with Gasteiger partial charge in [-0.1, -0.05) is 166 Å². The molecular weight excluding hydrogens is 691 g/mol. The van der Waals surface area contributed by atoms with E-state index in [-0.39, 0.29) is 5.41 Å². The number of hydrogen-bond acceptors (Lipinski definition) is 2. The monoisotopic (exact) mass is 727 g/mol.